The van der Waals surface area contributed by atoms with Gasteiger partial charge in [0.25, 0.3) is 0 Å². The lowest BCUT2D eigenvalue weighted by Gasteiger charge is -2.34. The SMILES string of the molecule is COC(=O)NC(C(=O)NC(Cc1ccc(Br)cc1)C(O)CC(Cc1ccccc1F)C(=O)NC1CCOc2ccc(Cl)cc21)C(C)(C)C. The summed E-state index contributed by atoms with van der Waals surface area (Å²) >= 11 is 9.69. The molecule has 0 fully saturated rings. The van der Waals surface area contributed by atoms with E-state index in [-0.39, 0.29) is 25.2 Å². The van der Waals surface area contributed by atoms with Gasteiger partial charge in [0.15, 0.2) is 0 Å². The zero-order chi connectivity index (χ0) is 35.0. The Labute approximate surface area is 294 Å². The monoisotopic (exact) mass is 745 g/mol. The summed E-state index contributed by atoms with van der Waals surface area (Å²) in [7, 11) is 1.21. The van der Waals surface area contributed by atoms with Crippen LogP contribution in [0.15, 0.2) is 71.2 Å². The van der Waals surface area contributed by atoms with Crippen LogP contribution in [-0.4, -0.2) is 54.9 Å². The molecule has 0 radical (unpaired) electrons. The van der Waals surface area contributed by atoms with E-state index < -0.39 is 53.4 Å². The fraction of sp³-hybridized carbons (Fsp3) is 0.417. The molecular weight excluding hydrogens is 705 g/mol. The molecule has 1 aliphatic rings. The number of methoxy groups -OCH3 is 1. The van der Waals surface area contributed by atoms with Crippen LogP contribution >= 0.6 is 27.5 Å². The average molecular weight is 747 g/mol. The topological polar surface area (TPSA) is 126 Å². The highest BCUT2D eigenvalue weighted by atomic mass is 79.9. The third-order valence-corrected chi connectivity index (χ3v) is 9.15. The molecule has 3 aromatic rings. The molecule has 1 aliphatic heterocycles. The highest BCUT2D eigenvalue weighted by Crippen LogP contribution is 2.34. The van der Waals surface area contributed by atoms with Gasteiger partial charge in [-0.25, -0.2) is 9.18 Å². The summed E-state index contributed by atoms with van der Waals surface area (Å²) in [4.78, 5) is 39.9. The van der Waals surface area contributed by atoms with Crippen LogP contribution in [0.2, 0.25) is 5.02 Å². The number of hydrogen-bond donors (Lipinski definition) is 4. The summed E-state index contributed by atoms with van der Waals surface area (Å²) in [6, 6.07) is 16.6. The molecule has 258 valence electrons. The number of rotatable bonds is 12. The first kappa shape index (κ1) is 37.2. The van der Waals surface area contributed by atoms with Crippen LogP contribution in [0.25, 0.3) is 0 Å². The number of benzene rings is 3. The summed E-state index contributed by atoms with van der Waals surface area (Å²) in [6.45, 7) is 5.77. The number of hydrogen-bond acceptors (Lipinski definition) is 6. The van der Waals surface area contributed by atoms with Crippen molar-refractivity contribution in [3.63, 3.8) is 0 Å². The van der Waals surface area contributed by atoms with Crippen LogP contribution in [0, 0.1) is 17.2 Å². The van der Waals surface area contributed by atoms with Crippen molar-refractivity contribution in [3.05, 3.63) is 98.7 Å². The van der Waals surface area contributed by atoms with Gasteiger partial charge in [-0.1, -0.05) is 78.6 Å². The van der Waals surface area contributed by atoms with Crippen molar-refractivity contribution < 1.29 is 33.4 Å². The maximum atomic E-state index is 14.9. The lowest BCUT2D eigenvalue weighted by molar-refractivity contribution is -0.128. The van der Waals surface area contributed by atoms with Gasteiger partial charge in [-0.2, -0.15) is 0 Å². The lowest BCUT2D eigenvalue weighted by atomic mass is 9.85. The van der Waals surface area contributed by atoms with Crippen LogP contribution in [0.1, 0.15) is 56.3 Å². The fourth-order valence-electron chi connectivity index (χ4n) is 5.75. The number of fused-ring (bicyclic) bond motifs is 1. The molecule has 0 aliphatic carbocycles. The van der Waals surface area contributed by atoms with Crippen LogP contribution in [0.5, 0.6) is 5.75 Å². The summed E-state index contributed by atoms with van der Waals surface area (Å²) in [5, 5.41) is 20.9. The number of halogens is 3. The molecule has 4 N–H and O–H groups in total. The molecule has 3 aromatic carbocycles. The largest absolute Gasteiger partial charge is 0.493 e. The first-order valence-corrected chi connectivity index (χ1v) is 17.0. The van der Waals surface area contributed by atoms with Gasteiger partial charge in [0.2, 0.25) is 11.8 Å². The molecule has 0 spiro atoms. The highest BCUT2D eigenvalue weighted by molar-refractivity contribution is 9.10. The van der Waals surface area contributed by atoms with E-state index in [2.05, 4.69) is 31.9 Å². The van der Waals surface area contributed by atoms with E-state index >= 15 is 0 Å². The molecule has 1 heterocycles. The van der Waals surface area contributed by atoms with Gasteiger partial charge in [0, 0.05) is 27.4 Å². The molecule has 5 unspecified atom stereocenters. The van der Waals surface area contributed by atoms with Crippen molar-refractivity contribution in [2.45, 2.75) is 70.7 Å². The Kier molecular flexibility index (Phi) is 12.9. The van der Waals surface area contributed by atoms with E-state index in [0.717, 1.165) is 15.6 Å². The van der Waals surface area contributed by atoms with E-state index in [9.17, 15) is 23.9 Å². The molecular formula is C36H42BrClFN3O6. The summed E-state index contributed by atoms with van der Waals surface area (Å²) in [5.74, 6) is -1.63. The maximum absolute atomic E-state index is 14.9. The standard InChI is InChI=1S/C36H42BrClFN3O6/c1-36(2,3)32(42-35(46)47-4)34(45)41-29(17-21-9-11-24(37)12-10-21)30(43)19-23(18-22-7-5-6-8-27(22)39)33(44)40-28-15-16-48-31-14-13-25(38)20-26(28)31/h5-14,20,23,28-30,32,43H,15-19H2,1-4H3,(H,40,44)(H,41,45)(H,42,46). The zero-order valence-electron chi connectivity index (χ0n) is 27.4. The summed E-state index contributed by atoms with van der Waals surface area (Å²) in [6.07, 6.45) is -1.39. The Morgan fingerprint density at radius 3 is 2.42 bits per heavy atom. The van der Waals surface area contributed by atoms with Gasteiger partial charge in [0.05, 0.1) is 31.9 Å². The first-order chi connectivity index (χ1) is 22.7. The van der Waals surface area contributed by atoms with Crippen LogP contribution in [0.3, 0.4) is 0 Å². The van der Waals surface area contributed by atoms with Gasteiger partial charge >= 0.3 is 6.09 Å². The van der Waals surface area contributed by atoms with Gasteiger partial charge in [-0.15, -0.1) is 0 Å². The fourth-order valence-corrected chi connectivity index (χ4v) is 6.19. The van der Waals surface area contributed by atoms with E-state index in [1.807, 2.05) is 24.3 Å². The number of carbonyl (C=O) groups is 3. The van der Waals surface area contributed by atoms with Gasteiger partial charge in [-0.3, -0.25) is 9.59 Å². The smallest absolute Gasteiger partial charge is 0.407 e. The van der Waals surface area contributed by atoms with Gasteiger partial charge < -0.3 is 30.5 Å². The number of ether oxygens (including phenoxy) is 2. The molecule has 12 heteroatoms. The predicted molar refractivity (Wildman–Crippen MR) is 185 cm³/mol. The number of aliphatic hydroxyl groups excluding tert-OH is 1. The predicted octanol–water partition coefficient (Wildman–Crippen LogP) is 6.29. The number of aliphatic hydroxyl groups is 1. The highest BCUT2D eigenvalue weighted by Gasteiger charge is 2.37. The molecule has 0 saturated heterocycles. The van der Waals surface area contributed by atoms with Gasteiger partial charge in [0.1, 0.15) is 17.6 Å². The third kappa shape index (κ3) is 10.2. The van der Waals surface area contributed by atoms with Crippen LogP contribution in [0.4, 0.5) is 9.18 Å². The first-order valence-electron chi connectivity index (χ1n) is 15.8. The maximum Gasteiger partial charge on any atom is 0.407 e. The van der Waals surface area contributed by atoms with Crippen LogP contribution < -0.4 is 20.7 Å². The van der Waals surface area contributed by atoms with Gasteiger partial charge in [-0.05, 0) is 72.2 Å². The van der Waals surface area contributed by atoms with E-state index in [4.69, 9.17) is 21.1 Å². The Morgan fingerprint density at radius 1 is 1.04 bits per heavy atom. The summed E-state index contributed by atoms with van der Waals surface area (Å²) < 4.78 is 26.3. The molecule has 0 saturated carbocycles. The Hall–Kier alpha value is -3.67. The van der Waals surface area contributed by atoms with Crippen molar-refractivity contribution in [1.29, 1.82) is 0 Å². The van der Waals surface area contributed by atoms with Crippen molar-refractivity contribution in [2.75, 3.05) is 13.7 Å². The minimum Gasteiger partial charge on any atom is -0.493 e. The van der Waals surface area contributed by atoms with Crippen LogP contribution in [-0.2, 0) is 27.2 Å². The Morgan fingerprint density at radius 2 is 1.75 bits per heavy atom. The molecule has 9 nitrogen and oxygen atoms in total. The van der Waals surface area contributed by atoms with E-state index in [1.54, 1.807) is 57.2 Å². The number of alkyl carbamates (subject to hydrolysis) is 1. The second kappa shape index (κ2) is 16.6. The zero-order valence-corrected chi connectivity index (χ0v) is 29.7. The van der Waals surface area contributed by atoms with Crippen molar-refractivity contribution in [1.82, 2.24) is 16.0 Å². The lowest BCUT2D eigenvalue weighted by Crippen LogP contribution is -2.57. The second-order valence-electron chi connectivity index (χ2n) is 13.1. The minimum atomic E-state index is -1.24. The van der Waals surface area contributed by atoms with Crippen molar-refractivity contribution in [3.8, 4) is 5.75 Å². The molecule has 48 heavy (non-hydrogen) atoms. The minimum absolute atomic E-state index is 0.00858. The molecule has 4 rings (SSSR count). The Bertz CT molecular complexity index is 1580. The summed E-state index contributed by atoms with van der Waals surface area (Å²) in [5.41, 5.74) is 1.17. The number of amides is 3. The number of carbonyl (C=O) groups excluding carboxylic acids is 3. The molecule has 0 aromatic heterocycles. The molecule has 3 amide bonds. The molecule has 5 atom stereocenters. The average Bonchev–Trinajstić information content (AvgIpc) is 3.04. The van der Waals surface area contributed by atoms with Crippen molar-refractivity contribution >= 4 is 45.4 Å². The van der Waals surface area contributed by atoms with Crippen molar-refractivity contribution in [2.24, 2.45) is 11.3 Å². The normalized spacial score (nSPS) is 16.7. The Balaban J connectivity index is 1.63. The second-order valence-corrected chi connectivity index (χ2v) is 14.4. The van der Waals surface area contributed by atoms with E-state index in [0.29, 0.717) is 29.4 Å². The number of nitrogens with one attached hydrogen (secondary N) is 3. The molecule has 0 bridgehead atoms. The van der Waals surface area contributed by atoms with E-state index in [1.165, 1.54) is 13.2 Å². The quantitative estimate of drug-likeness (QED) is 0.173. The third-order valence-electron chi connectivity index (χ3n) is 8.39.